The van der Waals surface area contributed by atoms with Crippen LogP contribution in [0.5, 0.6) is 0 Å². The molecule has 0 amide bonds. The molecule has 0 radical (unpaired) electrons. The number of ether oxygens (including phenoxy) is 3. The van der Waals surface area contributed by atoms with E-state index >= 15 is 0 Å². The first-order valence-electron chi connectivity index (χ1n) is 12.0. The van der Waals surface area contributed by atoms with Crippen molar-refractivity contribution in [3.63, 3.8) is 0 Å². The summed E-state index contributed by atoms with van der Waals surface area (Å²) in [6.45, 7) is 4.44. The molecule has 2 bridgehead atoms. The van der Waals surface area contributed by atoms with E-state index in [4.69, 9.17) is 14.2 Å². The van der Waals surface area contributed by atoms with Gasteiger partial charge in [-0.05, 0) is 66.9 Å². The lowest BCUT2D eigenvalue weighted by atomic mass is 9.46. The first-order valence-corrected chi connectivity index (χ1v) is 12.0. The highest BCUT2D eigenvalue weighted by molar-refractivity contribution is 5.92. The van der Waals surface area contributed by atoms with Gasteiger partial charge in [0, 0.05) is 31.6 Å². The van der Waals surface area contributed by atoms with E-state index in [1.165, 1.54) is 13.8 Å². The summed E-state index contributed by atoms with van der Waals surface area (Å²) in [5, 5.41) is 11.1. The van der Waals surface area contributed by atoms with Gasteiger partial charge in [-0.3, -0.25) is 19.2 Å². The Morgan fingerprint density at radius 3 is 2.67 bits per heavy atom. The van der Waals surface area contributed by atoms with Crippen molar-refractivity contribution in [2.24, 2.45) is 34.5 Å². The van der Waals surface area contributed by atoms with Gasteiger partial charge in [-0.25, -0.2) is 0 Å². The van der Waals surface area contributed by atoms with Gasteiger partial charge >= 0.3 is 11.9 Å². The summed E-state index contributed by atoms with van der Waals surface area (Å²) < 4.78 is 17.2. The summed E-state index contributed by atoms with van der Waals surface area (Å²) in [7, 11) is 0. The lowest BCUT2D eigenvalue weighted by Gasteiger charge is -2.58. The summed E-state index contributed by atoms with van der Waals surface area (Å²) in [4.78, 5) is 48.7. The van der Waals surface area contributed by atoms with Crippen molar-refractivity contribution in [2.75, 3.05) is 6.61 Å². The van der Waals surface area contributed by atoms with Crippen LogP contribution in [-0.4, -0.2) is 53.7 Å². The molecule has 4 aliphatic carbocycles. The highest BCUT2D eigenvalue weighted by atomic mass is 16.7. The van der Waals surface area contributed by atoms with Gasteiger partial charge in [0.05, 0.1) is 12.2 Å². The second-order valence-corrected chi connectivity index (χ2v) is 10.8. The maximum atomic E-state index is 13.2. The standard InChI is InChI=1S/C25H32O8/c1-12(26)31-11-20(30)17-5-4-16-15-9-19(29)18-8-14(28)6-7-24(18,3)22(15)21-10-25(16,17)23(33-21)32-13(2)27/h8,15-17,19,21-23,29H,4-7,9-11H2,1-3H3/t15-,16-,17+,19-,21-,22+,23?,24-,25+/m0/s1. The fraction of sp³-hybridized carbons (Fsp3) is 0.760. The van der Waals surface area contributed by atoms with Crippen molar-refractivity contribution in [1.82, 2.24) is 0 Å². The van der Waals surface area contributed by atoms with Gasteiger partial charge in [-0.15, -0.1) is 0 Å². The van der Waals surface area contributed by atoms with E-state index in [1.54, 1.807) is 6.08 Å². The van der Waals surface area contributed by atoms with E-state index in [0.717, 1.165) is 12.0 Å². The molecule has 1 spiro atoms. The van der Waals surface area contributed by atoms with Gasteiger partial charge in [0.25, 0.3) is 0 Å². The molecule has 0 aromatic heterocycles. The zero-order valence-corrected chi connectivity index (χ0v) is 19.4. The molecule has 33 heavy (non-hydrogen) atoms. The molecular weight excluding hydrogens is 428 g/mol. The first kappa shape index (κ1) is 22.7. The Morgan fingerprint density at radius 2 is 1.97 bits per heavy atom. The van der Waals surface area contributed by atoms with E-state index in [-0.39, 0.29) is 47.4 Å². The third kappa shape index (κ3) is 3.24. The first-order chi connectivity index (χ1) is 15.6. The largest absolute Gasteiger partial charge is 0.458 e. The maximum absolute atomic E-state index is 13.2. The molecule has 5 aliphatic rings. The summed E-state index contributed by atoms with van der Waals surface area (Å²) in [6.07, 6.45) is 3.38. The van der Waals surface area contributed by atoms with E-state index in [1.807, 2.05) is 0 Å². The Balaban J connectivity index is 1.55. The van der Waals surface area contributed by atoms with Crippen LogP contribution < -0.4 is 0 Å². The number of fused-ring (bicyclic) bond motifs is 6. The minimum atomic E-state index is -0.845. The van der Waals surface area contributed by atoms with Crippen LogP contribution >= 0.6 is 0 Å². The average Bonchev–Trinajstić information content (AvgIpc) is 3.26. The molecule has 1 N–H and O–H groups in total. The lowest BCUT2D eigenvalue weighted by Crippen LogP contribution is -2.58. The number of carbonyl (C=O) groups is 4. The quantitative estimate of drug-likeness (QED) is 0.634. The van der Waals surface area contributed by atoms with Crippen molar-refractivity contribution in [2.45, 2.75) is 77.8 Å². The molecule has 9 atom stereocenters. The number of hydrogen-bond acceptors (Lipinski definition) is 8. The monoisotopic (exact) mass is 460 g/mol. The number of rotatable bonds is 4. The second-order valence-electron chi connectivity index (χ2n) is 10.8. The second kappa shape index (κ2) is 7.73. The van der Waals surface area contributed by atoms with Crippen LogP contribution in [0.2, 0.25) is 0 Å². The zero-order valence-electron chi connectivity index (χ0n) is 19.4. The number of esters is 2. The van der Waals surface area contributed by atoms with Crippen LogP contribution in [0.4, 0.5) is 0 Å². The summed E-state index contributed by atoms with van der Waals surface area (Å²) in [5.41, 5.74) is -0.262. The van der Waals surface area contributed by atoms with Crippen molar-refractivity contribution >= 4 is 23.5 Å². The fourth-order valence-electron chi connectivity index (χ4n) is 8.28. The Kier molecular flexibility index (Phi) is 5.32. The van der Waals surface area contributed by atoms with Crippen LogP contribution in [0.25, 0.3) is 0 Å². The summed E-state index contributed by atoms with van der Waals surface area (Å²) in [5.74, 6) is -1.34. The van der Waals surface area contributed by atoms with Crippen LogP contribution in [0.15, 0.2) is 11.6 Å². The molecule has 4 fully saturated rings. The average molecular weight is 461 g/mol. The SMILES string of the molecule is CC(=O)OCC(=O)[C@H]1CC[C@H]2[C@@H]3C[C@H](O)C4=CC(=O)CC[C@]4(C)[C@H]3[C@@H]3C[C@]12C(OC(C)=O)O3. The highest BCUT2D eigenvalue weighted by Crippen LogP contribution is 2.71. The van der Waals surface area contributed by atoms with Crippen LogP contribution in [0.1, 0.15) is 59.3 Å². The summed E-state index contributed by atoms with van der Waals surface area (Å²) in [6, 6.07) is 0. The molecule has 180 valence electrons. The van der Waals surface area contributed by atoms with E-state index in [9.17, 15) is 24.3 Å². The Labute approximate surface area is 193 Å². The van der Waals surface area contributed by atoms with E-state index in [2.05, 4.69) is 6.92 Å². The third-order valence-corrected chi connectivity index (χ3v) is 9.31. The molecule has 0 aromatic carbocycles. The molecule has 3 saturated carbocycles. The molecule has 1 aliphatic heterocycles. The molecule has 1 saturated heterocycles. The van der Waals surface area contributed by atoms with Crippen LogP contribution in [0.3, 0.4) is 0 Å². The van der Waals surface area contributed by atoms with Gasteiger partial charge in [-0.1, -0.05) is 6.92 Å². The maximum Gasteiger partial charge on any atom is 0.304 e. The predicted molar refractivity (Wildman–Crippen MR) is 113 cm³/mol. The Morgan fingerprint density at radius 1 is 1.21 bits per heavy atom. The minimum Gasteiger partial charge on any atom is -0.458 e. The van der Waals surface area contributed by atoms with Crippen molar-refractivity contribution in [3.05, 3.63) is 11.6 Å². The molecule has 0 aromatic rings. The zero-order chi connectivity index (χ0) is 23.7. The van der Waals surface area contributed by atoms with Gasteiger partial charge in [0.15, 0.2) is 11.6 Å². The number of hydrogen-bond donors (Lipinski definition) is 1. The summed E-state index contributed by atoms with van der Waals surface area (Å²) >= 11 is 0. The minimum absolute atomic E-state index is 0.0301. The van der Waals surface area contributed by atoms with Gasteiger partial charge in [0.2, 0.25) is 6.29 Å². The molecule has 8 nitrogen and oxygen atoms in total. The van der Waals surface area contributed by atoms with Gasteiger partial charge in [0.1, 0.15) is 6.61 Å². The molecule has 5 rings (SSSR count). The molecule has 1 unspecified atom stereocenters. The van der Waals surface area contributed by atoms with Gasteiger partial charge in [-0.2, -0.15) is 0 Å². The van der Waals surface area contributed by atoms with E-state index < -0.39 is 35.7 Å². The number of aliphatic hydroxyl groups excluding tert-OH is 1. The van der Waals surface area contributed by atoms with Crippen LogP contribution in [-0.2, 0) is 33.4 Å². The predicted octanol–water partition coefficient (Wildman–Crippen LogP) is 2.12. The number of aliphatic hydroxyl groups is 1. The smallest absolute Gasteiger partial charge is 0.304 e. The topological polar surface area (TPSA) is 116 Å². The highest BCUT2D eigenvalue weighted by Gasteiger charge is 2.73. The Hall–Kier alpha value is -2.06. The van der Waals surface area contributed by atoms with Crippen molar-refractivity contribution < 1.29 is 38.5 Å². The van der Waals surface area contributed by atoms with Crippen molar-refractivity contribution in [3.8, 4) is 0 Å². The van der Waals surface area contributed by atoms with Gasteiger partial charge < -0.3 is 19.3 Å². The number of Topliss-reactive ketones (excluding diaryl/α,β-unsaturated/α-hetero) is 1. The lowest BCUT2D eigenvalue weighted by molar-refractivity contribution is -0.198. The molecular formula is C25H32O8. The fourth-order valence-corrected chi connectivity index (χ4v) is 8.28. The normalized spacial score (nSPS) is 45.4. The van der Waals surface area contributed by atoms with Crippen LogP contribution in [0, 0.1) is 34.5 Å². The number of ketones is 2. The van der Waals surface area contributed by atoms with E-state index in [0.29, 0.717) is 32.1 Å². The Bertz CT molecular complexity index is 939. The van der Waals surface area contributed by atoms with Crippen molar-refractivity contribution in [1.29, 1.82) is 0 Å². The number of carbonyl (C=O) groups excluding carboxylic acids is 4. The third-order valence-electron chi connectivity index (χ3n) is 9.31. The molecule has 1 heterocycles. The molecule has 8 heteroatoms.